The van der Waals surface area contributed by atoms with E-state index in [-0.39, 0.29) is 42.2 Å². The molecule has 3 aromatic rings. The van der Waals surface area contributed by atoms with Crippen LogP contribution in [0.4, 0.5) is 5.95 Å². The molecule has 1 amide bonds. The van der Waals surface area contributed by atoms with Gasteiger partial charge in [0.05, 0.1) is 6.33 Å². The average molecular weight is 386 g/mol. The van der Waals surface area contributed by atoms with Gasteiger partial charge in [0, 0.05) is 19.4 Å². The van der Waals surface area contributed by atoms with Crippen LogP contribution >= 0.6 is 0 Å². The second kappa shape index (κ2) is 7.78. The maximum absolute atomic E-state index is 12.2. The Hall–Kier alpha value is -3.89. The minimum absolute atomic E-state index is 0.0425. The lowest BCUT2D eigenvalue weighted by Crippen LogP contribution is -2.42. The Morgan fingerprint density at radius 2 is 2.00 bits per heavy atom. The number of hydrogen-bond donors (Lipinski definition) is 5. The number of nitrogens with zero attached hydrogens (tertiary/aromatic N) is 3. The largest absolute Gasteiger partial charge is 0.508 e. The lowest BCUT2D eigenvalue weighted by molar-refractivity contribution is -0.141. The zero-order chi connectivity index (χ0) is 20.3. The molecule has 0 aliphatic carbocycles. The number of nitrogens with two attached hydrogens (primary N) is 1. The van der Waals surface area contributed by atoms with Crippen molar-refractivity contribution >= 4 is 29.0 Å². The number of amides is 1. The molecule has 0 spiro atoms. The smallest absolute Gasteiger partial charge is 0.326 e. The van der Waals surface area contributed by atoms with E-state index >= 15 is 0 Å². The molecule has 1 unspecified atom stereocenters. The number of fused-ring (bicyclic) bond motifs is 1. The lowest BCUT2D eigenvalue weighted by atomic mass is 10.1. The number of aromatic hydroxyl groups is 1. The number of hydrogen-bond acceptors (Lipinski definition) is 7. The van der Waals surface area contributed by atoms with Gasteiger partial charge in [-0.05, 0) is 17.7 Å². The number of carboxylic acids is 1. The third kappa shape index (κ3) is 4.26. The summed E-state index contributed by atoms with van der Waals surface area (Å²) in [4.78, 5) is 45.7. The molecule has 6 N–H and O–H groups in total. The Labute approximate surface area is 157 Å². The summed E-state index contributed by atoms with van der Waals surface area (Å²) in [7, 11) is 0. The Bertz CT molecular complexity index is 1070. The third-order valence-corrected chi connectivity index (χ3v) is 4.08. The van der Waals surface area contributed by atoms with Crippen molar-refractivity contribution in [2.24, 2.45) is 0 Å². The van der Waals surface area contributed by atoms with Gasteiger partial charge in [-0.25, -0.2) is 9.78 Å². The van der Waals surface area contributed by atoms with E-state index in [0.717, 1.165) is 0 Å². The third-order valence-electron chi connectivity index (χ3n) is 4.08. The summed E-state index contributed by atoms with van der Waals surface area (Å²) in [6, 6.07) is 4.94. The fourth-order valence-electron chi connectivity index (χ4n) is 2.69. The number of carbonyl (C=O) groups excluding carboxylic acids is 1. The van der Waals surface area contributed by atoms with Crippen LogP contribution in [-0.2, 0) is 22.6 Å². The van der Waals surface area contributed by atoms with Gasteiger partial charge in [0.25, 0.3) is 5.56 Å². The van der Waals surface area contributed by atoms with Crippen LogP contribution in [-0.4, -0.2) is 47.7 Å². The predicted octanol–water partition coefficient (Wildman–Crippen LogP) is -0.390. The van der Waals surface area contributed by atoms with E-state index in [2.05, 4.69) is 20.3 Å². The monoisotopic (exact) mass is 386 g/mol. The van der Waals surface area contributed by atoms with Crippen LogP contribution in [0.3, 0.4) is 0 Å². The van der Waals surface area contributed by atoms with Crippen LogP contribution in [0.1, 0.15) is 12.0 Å². The molecule has 146 valence electrons. The highest BCUT2D eigenvalue weighted by Crippen LogP contribution is 2.12. The van der Waals surface area contributed by atoms with Crippen molar-refractivity contribution in [2.75, 3.05) is 5.73 Å². The molecule has 0 radical (unpaired) electrons. The molecule has 0 fully saturated rings. The molecular weight excluding hydrogens is 368 g/mol. The zero-order valence-electron chi connectivity index (χ0n) is 14.6. The van der Waals surface area contributed by atoms with Gasteiger partial charge in [-0.1, -0.05) is 12.1 Å². The van der Waals surface area contributed by atoms with Gasteiger partial charge in [0.1, 0.15) is 11.8 Å². The SMILES string of the molecule is Nc1nc2c(ncn2CCC(=O)NC(Cc2ccc(O)cc2)C(=O)O)c(=O)[nH]1. The molecule has 11 nitrogen and oxygen atoms in total. The number of phenolic OH excluding ortho intramolecular Hbond substituents is 1. The predicted molar refractivity (Wildman–Crippen MR) is 98.6 cm³/mol. The van der Waals surface area contributed by atoms with E-state index in [1.54, 1.807) is 12.1 Å². The van der Waals surface area contributed by atoms with Gasteiger partial charge >= 0.3 is 5.97 Å². The standard InChI is InChI=1S/C17H18N6O5/c18-17-21-14-13(15(26)22-17)19-8-23(14)6-5-12(25)20-11(16(27)28)7-9-1-3-10(24)4-2-9/h1-4,8,11,24H,5-7H2,(H,20,25)(H,27,28)(H3,18,21,22,26). The highest BCUT2D eigenvalue weighted by Gasteiger charge is 2.20. The maximum Gasteiger partial charge on any atom is 0.326 e. The van der Waals surface area contributed by atoms with Gasteiger partial charge in [-0.15, -0.1) is 0 Å². The number of benzene rings is 1. The lowest BCUT2D eigenvalue weighted by Gasteiger charge is -2.15. The summed E-state index contributed by atoms with van der Waals surface area (Å²) in [5.74, 6) is -1.65. The number of nitrogen functional groups attached to an aromatic ring is 1. The van der Waals surface area contributed by atoms with Crippen LogP contribution < -0.4 is 16.6 Å². The number of nitrogens with one attached hydrogen (secondary N) is 2. The summed E-state index contributed by atoms with van der Waals surface area (Å²) in [5.41, 5.74) is 6.04. The summed E-state index contributed by atoms with van der Waals surface area (Å²) >= 11 is 0. The van der Waals surface area contributed by atoms with E-state index in [9.17, 15) is 24.6 Å². The molecule has 28 heavy (non-hydrogen) atoms. The highest BCUT2D eigenvalue weighted by atomic mass is 16.4. The number of phenols is 1. The second-order valence-corrected chi connectivity index (χ2v) is 6.14. The Morgan fingerprint density at radius 3 is 2.68 bits per heavy atom. The van der Waals surface area contributed by atoms with Crippen LogP contribution in [0.15, 0.2) is 35.4 Å². The summed E-state index contributed by atoms with van der Waals surface area (Å²) in [6.07, 6.45) is 1.40. The summed E-state index contributed by atoms with van der Waals surface area (Å²) < 4.78 is 1.50. The van der Waals surface area contributed by atoms with Crippen LogP contribution in [0.25, 0.3) is 11.2 Å². The molecular formula is C17H18N6O5. The van der Waals surface area contributed by atoms with Crippen molar-refractivity contribution in [3.63, 3.8) is 0 Å². The van der Waals surface area contributed by atoms with Crippen LogP contribution in [0, 0.1) is 0 Å². The number of anilines is 1. The number of aliphatic carboxylic acids is 1. The van der Waals surface area contributed by atoms with Gasteiger partial charge in [-0.3, -0.25) is 14.6 Å². The Morgan fingerprint density at radius 1 is 1.29 bits per heavy atom. The number of rotatable bonds is 7. The van der Waals surface area contributed by atoms with Crippen molar-refractivity contribution in [1.29, 1.82) is 0 Å². The normalized spacial score (nSPS) is 12.0. The Balaban J connectivity index is 1.64. The molecule has 2 aromatic heterocycles. The summed E-state index contributed by atoms with van der Waals surface area (Å²) in [6.45, 7) is 0.143. The average Bonchev–Trinajstić information content (AvgIpc) is 3.04. The second-order valence-electron chi connectivity index (χ2n) is 6.14. The van der Waals surface area contributed by atoms with Gasteiger partial charge in [-0.2, -0.15) is 4.98 Å². The van der Waals surface area contributed by atoms with Crippen LogP contribution in [0.5, 0.6) is 5.75 Å². The first-order valence-corrected chi connectivity index (χ1v) is 8.34. The molecule has 0 saturated heterocycles. The Kier molecular flexibility index (Phi) is 5.25. The molecule has 2 heterocycles. The summed E-state index contributed by atoms with van der Waals surface area (Å²) in [5, 5.41) is 21.1. The topological polar surface area (TPSA) is 176 Å². The molecule has 1 atom stereocenters. The fourth-order valence-corrected chi connectivity index (χ4v) is 2.69. The molecule has 1 aromatic carbocycles. The zero-order valence-corrected chi connectivity index (χ0v) is 14.6. The van der Waals surface area contributed by atoms with Gasteiger partial charge < -0.3 is 25.8 Å². The fraction of sp³-hybridized carbons (Fsp3) is 0.235. The number of carboxylic acid groups (broad SMARTS) is 1. The minimum Gasteiger partial charge on any atom is -0.508 e. The van der Waals surface area contributed by atoms with E-state index in [1.165, 1.54) is 23.0 Å². The highest BCUT2D eigenvalue weighted by molar-refractivity contribution is 5.83. The molecule has 0 aliphatic heterocycles. The van der Waals surface area contributed by atoms with Crippen LogP contribution in [0.2, 0.25) is 0 Å². The number of carbonyl (C=O) groups is 2. The number of aryl methyl sites for hydroxylation is 1. The molecule has 0 saturated carbocycles. The first-order chi connectivity index (χ1) is 13.3. The van der Waals surface area contributed by atoms with E-state index in [0.29, 0.717) is 5.56 Å². The molecule has 11 heteroatoms. The van der Waals surface area contributed by atoms with Crippen molar-refractivity contribution in [3.05, 3.63) is 46.5 Å². The number of aromatic amines is 1. The van der Waals surface area contributed by atoms with E-state index < -0.39 is 23.5 Å². The first-order valence-electron chi connectivity index (χ1n) is 8.34. The number of aromatic nitrogens is 4. The van der Waals surface area contributed by atoms with Gasteiger partial charge in [0.2, 0.25) is 11.9 Å². The maximum atomic E-state index is 12.2. The molecule has 3 rings (SSSR count). The van der Waals surface area contributed by atoms with Crippen molar-refractivity contribution in [2.45, 2.75) is 25.4 Å². The number of imidazole rings is 1. The van der Waals surface area contributed by atoms with Gasteiger partial charge in [0.15, 0.2) is 11.2 Å². The molecule has 0 bridgehead atoms. The van der Waals surface area contributed by atoms with Crippen molar-refractivity contribution < 1.29 is 19.8 Å². The number of H-pyrrole nitrogens is 1. The quantitative estimate of drug-likeness (QED) is 0.364. The first kappa shape index (κ1) is 18.9. The van der Waals surface area contributed by atoms with E-state index in [4.69, 9.17) is 5.73 Å². The van der Waals surface area contributed by atoms with Crippen molar-refractivity contribution in [3.8, 4) is 5.75 Å². The molecule has 0 aliphatic rings. The van der Waals surface area contributed by atoms with Crippen molar-refractivity contribution in [1.82, 2.24) is 24.8 Å². The minimum atomic E-state index is -1.17. The van der Waals surface area contributed by atoms with E-state index in [1.807, 2.05) is 0 Å².